The van der Waals surface area contributed by atoms with Gasteiger partial charge in [-0.2, -0.15) is 5.26 Å². The molecule has 1 amide bonds. The molecule has 1 aromatic carbocycles. The molecule has 1 N–H and O–H groups in total. The minimum absolute atomic E-state index is 0.201. The molecule has 4 nitrogen and oxygen atoms in total. The summed E-state index contributed by atoms with van der Waals surface area (Å²) >= 11 is 13.2. The lowest BCUT2D eigenvalue weighted by atomic mass is 10.2. The first-order valence-electron chi connectivity index (χ1n) is 6.29. The normalized spacial score (nSPS) is 11.5. The zero-order valence-electron chi connectivity index (χ0n) is 11.5. The molecule has 0 radical (unpaired) electrons. The number of hydrogen-bond acceptors (Lipinski definition) is 4. The third-order valence-corrected chi connectivity index (χ3v) is 4.59. The van der Waals surface area contributed by atoms with Crippen molar-refractivity contribution in [2.24, 2.45) is 0 Å². The van der Waals surface area contributed by atoms with Crippen LogP contribution >= 0.6 is 35.0 Å². The van der Waals surface area contributed by atoms with E-state index in [4.69, 9.17) is 28.5 Å². The first kappa shape index (κ1) is 16.6. The number of carbonyl (C=O) groups excluding carboxylic acids is 1. The summed E-state index contributed by atoms with van der Waals surface area (Å²) in [6, 6.07) is 10.2. The van der Waals surface area contributed by atoms with E-state index in [2.05, 4.69) is 10.3 Å². The van der Waals surface area contributed by atoms with Gasteiger partial charge in [-0.25, -0.2) is 4.98 Å². The van der Waals surface area contributed by atoms with Gasteiger partial charge >= 0.3 is 0 Å². The molecule has 0 aliphatic carbocycles. The van der Waals surface area contributed by atoms with Gasteiger partial charge in [-0.15, -0.1) is 0 Å². The predicted molar refractivity (Wildman–Crippen MR) is 89.4 cm³/mol. The molecular formula is C15H11Cl2N3OS. The lowest BCUT2D eigenvalue weighted by molar-refractivity contribution is -0.115. The topological polar surface area (TPSA) is 65.8 Å². The quantitative estimate of drug-likeness (QED) is 0.830. The second-order valence-electron chi connectivity index (χ2n) is 4.35. The van der Waals surface area contributed by atoms with Gasteiger partial charge in [0.2, 0.25) is 5.91 Å². The Kier molecular flexibility index (Phi) is 5.67. The lowest BCUT2D eigenvalue weighted by Crippen LogP contribution is -2.22. The van der Waals surface area contributed by atoms with Crippen LogP contribution in [0.4, 0.5) is 5.69 Å². The molecule has 0 saturated heterocycles. The second-order valence-corrected chi connectivity index (χ2v) is 6.49. The molecule has 7 heteroatoms. The highest BCUT2D eigenvalue weighted by Gasteiger charge is 2.17. The number of thioether (sulfide) groups is 1. The number of halogens is 2. The standard InChI is InChI=1S/C15H11Cl2N3OS/c1-9(22-15-12(16)3-2-6-19-15)14(21)20-11-5-4-10(8-18)13(17)7-11/h2-7,9H,1H3,(H,20,21). The van der Waals surface area contributed by atoms with E-state index in [9.17, 15) is 4.79 Å². The Balaban J connectivity index is 2.04. The molecule has 0 bridgehead atoms. The summed E-state index contributed by atoms with van der Waals surface area (Å²) in [4.78, 5) is 16.3. The van der Waals surface area contributed by atoms with E-state index in [1.807, 2.05) is 6.07 Å². The number of rotatable bonds is 4. The molecule has 1 aromatic heterocycles. The fourth-order valence-electron chi connectivity index (χ4n) is 1.61. The van der Waals surface area contributed by atoms with Crippen LogP contribution in [0.5, 0.6) is 0 Å². The molecule has 22 heavy (non-hydrogen) atoms. The van der Waals surface area contributed by atoms with Gasteiger partial charge in [0.15, 0.2) is 0 Å². The number of nitrogens with zero attached hydrogens (tertiary/aromatic N) is 2. The van der Waals surface area contributed by atoms with Crippen molar-refractivity contribution in [3.05, 3.63) is 52.1 Å². The molecule has 1 unspecified atom stereocenters. The first-order valence-corrected chi connectivity index (χ1v) is 7.92. The Labute approximate surface area is 142 Å². The van der Waals surface area contributed by atoms with Crippen LogP contribution in [0.1, 0.15) is 12.5 Å². The Morgan fingerprint density at radius 2 is 2.14 bits per heavy atom. The molecule has 112 valence electrons. The van der Waals surface area contributed by atoms with Crippen LogP contribution in [-0.2, 0) is 4.79 Å². The second kappa shape index (κ2) is 7.50. The van der Waals surface area contributed by atoms with E-state index in [0.717, 1.165) is 0 Å². The largest absolute Gasteiger partial charge is 0.325 e. The van der Waals surface area contributed by atoms with Crippen LogP contribution in [-0.4, -0.2) is 16.1 Å². The van der Waals surface area contributed by atoms with E-state index >= 15 is 0 Å². The number of amides is 1. The van der Waals surface area contributed by atoms with Crippen LogP contribution in [0.25, 0.3) is 0 Å². The molecule has 0 aliphatic rings. The van der Waals surface area contributed by atoms with Crippen molar-refractivity contribution < 1.29 is 4.79 Å². The average Bonchev–Trinajstić information content (AvgIpc) is 2.49. The predicted octanol–water partition coefficient (Wildman–Crippen LogP) is 4.38. The van der Waals surface area contributed by atoms with Crippen molar-refractivity contribution in [1.29, 1.82) is 5.26 Å². The molecule has 1 atom stereocenters. The van der Waals surface area contributed by atoms with E-state index in [1.165, 1.54) is 11.8 Å². The first-order chi connectivity index (χ1) is 10.5. The average molecular weight is 352 g/mol. The van der Waals surface area contributed by atoms with Crippen molar-refractivity contribution in [2.45, 2.75) is 17.2 Å². The van der Waals surface area contributed by atoms with Crippen molar-refractivity contribution in [3.63, 3.8) is 0 Å². The van der Waals surface area contributed by atoms with E-state index in [-0.39, 0.29) is 11.2 Å². The minimum Gasteiger partial charge on any atom is -0.325 e. The summed E-state index contributed by atoms with van der Waals surface area (Å²) in [5.74, 6) is -0.201. The van der Waals surface area contributed by atoms with Gasteiger partial charge in [-0.1, -0.05) is 35.0 Å². The summed E-state index contributed by atoms with van der Waals surface area (Å²) in [7, 11) is 0. The number of pyridine rings is 1. The highest BCUT2D eigenvalue weighted by Crippen LogP contribution is 2.28. The number of benzene rings is 1. The molecule has 2 aromatic rings. The van der Waals surface area contributed by atoms with Crippen LogP contribution in [0.15, 0.2) is 41.6 Å². The Hall–Kier alpha value is -1.74. The van der Waals surface area contributed by atoms with Gasteiger partial charge in [0, 0.05) is 11.9 Å². The SMILES string of the molecule is CC(Sc1ncccc1Cl)C(=O)Nc1ccc(C#N)c(Cl)c1. The molecule has 2 rings (SSSR count). The van der Waals surface area contributed by atoms with Gasteiger partial charge < -0.3 is 5.32 Å². The fraction of sp³-hybridized carbons (Fsp3) is 0.133. The van der Waals surface area contributed by atoms with Crippen LogP contribution < -0.4 is 5.32 Å². The van der Waals surface area contributed by atoms with Gasteiger partial charge in [-0.3, -0.25) is 4.79 Å². The van der Waals surface area contributed by atoms with Gasteiger partial charge in [0.05, 0.1) is 20.9 Å². The smallest absolute Gasteiger partial charge is 0.237 e. The van der Waals surface area contributed by atoms with E-state index in [1.54, 1.807) is 43.5 Å². The van der Waals surface area contributed by atoms with Crippen LogP contribution in [0.2, 0.25) is 10.0 Å². The molecule has 0 aliphatic heterocycles. The maximum absolute atomic E-state index is 12.2. The Morgan fingerprint density at radius 1 is 1.36 bits per heavy atom. The zero-order chi connectivity index (χ0) is 16.1. The van der Waals surface area contributed by atoms with E-state index in [0.29, 0.717) is 26.3 Å². The van der Waals surface area contributed by atoms with Gasteiger partial charge in [0.1, 0.15) is 11.1 Å². The third-order valence-electron chi connectivity index (χ3n) is 2.74. The highest BCUT2D eigenvalue weighted by molar-refractivity contribution is 8.00. The van der Waals surface area contributed by atoms with Crippen molar-refractivity contribution in [2.75, 3.05) is 5.32 Å². The monoisotopic (exact) mass is 351 g/mol. The molecule has 0 spiro atoms. The lowest BCUT2D eigenvalue weighted by Gasteiger charge is -2.12. The van der Waals surface area contributed by atoms with Gasteiger partial charge in [-0.05, 0) is 37.3 Å². The summed E-state index contributed by atoms with van der Waals surface area (Å²) in [6.45, 7) is 1.76. The maximum atomic E-state index is 12.2. The summed E-state index contributed by atoms with van der Waals surface area (Å²) in [5, 5.41) is 12.6. The number of anilines is 1. The third kappa shape index (κ3) is 4.14. The van der Waals surface area contributed by atoms with E-state index < -0.39 is 0 Å². The van der Waals surface area contributed by atoms with Gasteiger partial charge in [0.25, 0.3) is 0 Å². The van der Waals surface area contributed by atoms with Crippen molar-refractivity contribution in [1.82, 2.24) is 4.98 Å². The number of nitrogens with one attached hydrogen (secondary N) is 1. The summed E-state index contributed by atoms with van der Waals surface area (Å²) < 4.78 is 0. The van der Waals surface area contributed by atoms with Crippen molar-refractivity contribution in [3.8, 4) is 6.07 Å². The number of carbonyl (C=O) groups is 1. The molecule has 1 heterocycles. The maximum Gasteiger partial charge on any atom is 0.237 e. The highest BCUT2D eigenvalue weighted by atomic mass is 35.5. The van der Waals surface area contributed by atoms with Crippen molar-refractivity contribution >= 4 is 46.6 Å². The number of nitriles is 1. The number of hydrogen-bond donors (Lipinski definition) is 1. The summed E-state index contributed by atoms with van der Waals surface area (Å²) in [6.07, 6.45) is 1.62. The molecule has 0 fully saturated rings. The summed E-state index contributed by atoms with van der Waals surface area (Å²) in [5.41, 5.74) is 0.899. The van der Waals surface area contributed by atoms with Crippen LogP contribution in [0, 0.1) is 11.3 Å². The van der Waals surface area contributed by atoms with Crippen LogP contribution in [0.3, 0.4) is 0 Å². The Bertz CT molecular complexity index is 746. The Morgan fingerprint density at radius 3 is 2.77 bits per heavy atom. The fourth-order valence-corrected chi connectivity index (χ4v) is 2.89. The number of aromatic nitrogens is 1. The molecular weight excluding hydrogens is 341 g/mol. The minimum atomic E-state index is -0.387. The molecule has 0 saturated carbocycles. The zero-order valence-corrected chi connectivity index (χ0v) is 13.8.